The molecule has 0 aliphatic carbocycles. The summed E-state index contributed by atoms with van der Waals surface area (Å²) in [5, 5.41) is 7.60. The Balaban J connectivity index is 4.09. The maximum absolute atomic E-state index is 11.7. The van der Waals surface area contributed by atoms with Gasteiger partial charge in [-0.1, -0.05) is 0 Å². The van der Waals surface area contributed by atoms with Gasteiger partial charge in [-0.2, -0.15) is 0 Å². The van der Waals surface area contributed by atoms with E-state index in [-0.39, 0.29) is 12.5 Å². The summed E-state index contributed by atoms with van der Waals surface area (Å²) < 4.78 is 22.3. The van der Waals surface area contributed by atoms with E-state index in [0.717, 1.165) is 19.1 Å². The fourth-order valence-electron chi connectivity index (χ4n) is 1.24. The van der Waals surface area contributed by atoms with Crippen molar-refractivity contribution in [3.05, 3.63) is 0 Å². The van der Waals surface area contributed by atoms with Crippen LogP contribution in [0, 0.1) is 0 Å². The minimum atomic E-state index is -3.31. The maximum Gasteiger partial charge on any atom is 0.240 e. The van der Waals surface area contributed by atoms with E-state index in [4.69, 9.17) is 5.11 Å². The number of nitrogens with zero attached hydrogens (tertiary/aromatic N) is 1. The van der Waals surface area contributed by atoms with Gasteiger partial charge in [0.2, 0.25) is 5.91 Å². The lowest BCUT2D eigenvalue weighted by molar-refractivity contribution is -0.129. The molecule has 0 aromatic rings. The van der Waals surface area contributed by atoms with Crippen LogP contribution in [0.1, 0.15) is 26.2 Å². The first kappa shape index (κ1) is 15.4. The number of carbonyl (C=O) groups excluding carboxylic acids is 1. The average molecular weight is 251 g/mol. The second-order valence-corrected chi connectivity index (χ2v) is 6.38. The third-order valence-electron chi connectivity index (χ3n) is 2.52. The van der Waals surface area contributed by atoms with Crippen molar-refractivity contribution in [2.45, 2.75) is 31.4 Å². The number of unbranched alkanes of at least 4 members (excludes halogenated alkanes) is 2. The van der Waals surface area contributed by atoms with E-state index < -0.39 is 15.1 Å². The highest BCUT2D eigenvalue weighted by Gasteiger charge is 2.25. The molecule has 0 saturated carbocycles. The van der Waals surface area contributed by atoms with E-state index in [1.54, 1.807) is 7.05 Å². The van der Waals surface area contributed by atoms with Gasteiger partial charge >= 0.3 is 0 Å². The fraction of sp³-hybridized carbons (Fsp3) is 0.900. The molecule has 0 fully saturated rings. The second kappa shape index (κ2) is 6.85. The molecule has 0 aliphatic rings. The highest BCUT2D eigenvalue weighted by atomic mass is 32.2. The van der Waals surface area contributed by atoms with E-state index in [1.165, 1.54) is 11.8 Å². The quantitative estimate of drug-likeness (QED) is 0.648. The van der Waals surface area contributed by atoms with Gasteiger partial charge in [0, 0.05) is 26.5 Å². The molecule has 0 aliphatic heterocycles. The van der Waals surface area contributed by atoms with Crippen LogP contribution in [-0.4, -0.2) is 56.0 Å². The lowest BCUT2D eigenvalue weighted by Gasteiger charge is -2.20. The number of amides is 1. The van der Waals surface area contributed by atoms with Crippen LogP contribution in [0.25, 0.3) is 0 Å². The minimum Gasteiger partial charge on any atom is -0.396 e. The van der Waals surface area contributed by atoms with Gasteiger partial charge in [-0.05, 0) is 26.2 Å². The summed E-state index contributed by atoms with van der Waals surface area (Å²) in [6.45, 7) is 2.08. The van der Waals surface area contributed by atoms with Crippen LogP contribution in [0.5, 0.6) is 0 Å². The summed E-state index contributed by atoms with van der Waals surface area (Å²) in [6.07, 6.45) is 3.39. The van der Waals surface area contributed by atoms with Gasteiger partial charge in [0.05, 0.1) is 0 Å². The van der Waals surface area contributed by atoms with Gasteiger partial charge in [-0.15, -0.1) is 0 Å². The lowest BCUT2D eigenvalue weighted by Crippen LogP contribution is -2.39. The molecule has 16 heavy (non-hydrogen) atoms. The number of carbonyl (C=O) groups is 1. The van der Waals surface area contributed by atoms with Gasteiger partial charge in [0.25, 0.3) is 0 Å². The fourth-order valence-corrected chi connectivity index (χ4v) is 1.79. The average Bonchev–Trinajstić information content (AvgIpc) is 2.20. The summed E-state index contributed by atoms with van der Waals surface area (Å²) in [5.41, 5.74) is 0. The molecule has 0 radical (unpaired) electrons. The number of rotatable bonds is 7. The van der Waals surface area contributed by atoms with Gasteiger partial charge in [0.15, 0.2) is 9.84 Å². The minimum absolute atomic E-state index is 0.150. The number of sulfone groups is 1. The van der Waals surface area contributed by atoms with E-state index in [9.17, 15) is 13.2 Å². The Morgan fingerprint density at radius 1 is 1.31 bits per heavy atom. The largest absolute Gasteiger partial charge is 0.396 e. The Morgan fingerprint density at radius 3 is 2.31 bits per heavy atom. The zero-order chi connectivity index (χ0) is 12.8. The summed E-state index contributed by atoms with van der Waals surface area (Å²) in [6, 6.07) is 0. The Kier molecular flexibility index (Phi) is 6.59. The first-order chi connectivity index (χ1) is 7.30. The van der Waals surface area contributed by atoms with Crippen molar-refractivity contribution in [3.63, 3.8) is 0 Å². The molecule has 96 valence electrons. The number of hydrogen-bond donors (Lipinski definition) is 1. The molecule has 1 unspecified atom stereocenters. The van der Waals surface area contributed by atoms with Crippen LogP contribution in [0.2, 0.25) is 0 Å². The molecule has 0 heterocycles. The van der Waals surface area contributed by atoms with Gasteiger partial charge in [-0.3, -0.25) is 4.79 Å². The third-order valence-corrected chi connectivity index (χ3v) is 4.00. The van der Waals surface area contributed by atoms with Crippen LogP contribution in [0.3, 0.4) is 0 Å². The van der Waals surface area contributed by atoms with Gasteiger partial charge in [0.1, 0.15) is 5.25 Å². The molecule has 0 rings (SSSR count). The lowest BCUT2D eigenvalue weighted by atomic mass is 10.2. The smallest absolute Gasteiger partial charge is 0.240 e. The topological polar surface area (TPSA) is 74.7 Å². The second-order valence-electron chi connectivity index (χ2n) is 4.02. The van der Waals surface area contributed by atoms with E-state index >= 15 is 0 Å². The molecule has 0 aromatic carbocycles. The molecule has 5 nitrogen and oxygen atoms in total. The van der Waals surface area contributed by atoms with Crippen molar-refractivity contribution in [2.75, 3.05) is 26.5 Å². The Hall–Kier alpha value is -0.620. The zero-order valence-electron chi connectivity index (χ0n) is 10.1. The normalized spacial score (nSPS) is 13.5. The molecule has 1 N–H and O–H groups in total. The number of aliphatic hydroxyl groups excluding tert-OH is 1. The van der Waals surface area contributed by atoms with Gasteiger partial charge in [-0.25, -0.2) is 8.42 Å². The van der Waals surface area contributed by atoms with Crippen LogP contribution < -0.4 is 0 Å². The number of hydrogen-bond acceptors (Lipinski definition) is 4. The van der Waals surface area contributed by atoms with Crippen molar-refractivity contribution in [1.29, 1.82) is 0 Å². The van der Waals surface area contributed by atoms with Crippen LogP contribution >= 0.6 is 0 Å². The molecule has 0 bridgehead atoms. The van der Waals surface area contributed by atoms with Gasteiger partial charge < -0.3 is 10.0 Å². The van der Waals surface area contributed by atoms with Crippen LogP contribution in [0.4, 0.5) is 0 Å². The molecule has 0 spiro atoms. The first-order valence-corrected chi connectivity index (χ1v) is 7.31. The van der Waals surface area contributed by atoms with E-state index in [0.29, 0.717) is 13.0 Å². The van der Waals surface area contributed by atoms with Crippen molar-refractivity contribution < 1.29 is 18.3 Å². The summed E-state index contributed by atoms with van der Waals surface area (Å²) >= 11 is 0. The molecule has 6 heteroatoms. The summed E-state index contributed by atoms with van der Waals surface area (Å²) in [4.78, 5) is 13.1. The monoisotopic (exact) mass is 251 g/mol. The van der Waals surface area contributed by atoms with Crippen molar-refractivity contribution >= 4 is 15.7 Å². The first-order valence-electron chi connectivity index (χ1n) is 5.35. The van der Waals surface area contributed by atoms with Crippen LogP contribution in [-0.2, 0) is 14.6 Å². The predicted octanol–water partition coefficient (Wildman–Crippen LogP) is 0.0405. The predicted molar refractivity (Wildman–Crippen MR) is 62.9 cm³/mol. The van der Waals surface area contributed by atoms with Crippen LogP contribution in [0.15, 0.2) is 0 Å². The maximum atomic E-state index is 11.7. The summed E-state index contributed by atoms with van der Waals surface area (Å²) in [5.74, 6) is -0.369. The zero-order valence-corrected chi connectivity index (χ0v) is 11.0. The van der Waals surface area contributed by atoms with E-state index in [1.807, 2.05) is 0 Å². The molecular weight excluding hydrogens is 230 g/mol. The Labute approximate surface area is 97.4 Å². The molecule has 0 saturated heterocycles. The van der Waals surface area contributed by atoms with Crippen molar-refractivity contribution in [3.8, 4) is 0 Å². The SMILES string of the molecule is CC(C(=O)N(C)CCCCCO)S(C)(=O)=O. The molecule has 1 amide bonds. The van der Waals surface area contributed by atoms with Crippen molar-refractivity contribution in [1.82, 2.24) is 4.90 Å². The van der Waals surface area contributed by atoms with E-state index in [2.05, 4.69) is 0 Å². The number of aliphatic hydroxyl groups is 1. The third kappa shape index (κ3) is 5.46. The standard InChI is InChI=1S/C10H21NO4S/c1-9(16(3,14)15)10(13)11(2)7-5-4-6-8-12/h9,12H,4-8H2,1-3H3. The highest BCUT2D eigenvalue weighted by molar-refractivity contribution is 7.92. The Morgan fingerprint density at radius 2 is 1.88 bits per heavy atom. The van der Waals surface area contributed by atoms with Crippen molar-refractivity contribution in [2.24, 2.45) is 0 Å². The summed E-state index contributed by atoms with van der Waals surface area (Å²) in [7, 11) is -1.71. The molecule has 0 aromatic heterocycles. The highest BCUT2D eigenvalue weighted by Crippen LogP contribution is 2.04. The molecular formula is C10H21NO4S. The Bertz CT molecular complexity index is 313. The molecule has 1 atom stereocenters.